The summed E-state index contributed by atoms with van der Waals surface area (Å²) in [6.45, 7) is 3.22. The van der Waals surface area contributed by atoms with Crippen molar-refractivity contribution in [3.8, 4) is 5.75 Å². The van der Waals surface area contributed by atoms with Crippen LogP contribution in [0.1, 0.15) is 15.9 Å². The minimum absolute atomic E-state index is 0.0778. The highest BCUT2D eigenvalue weighted by Crippen LogP contribution is 2.20. The second kappa shape index (κ2) is 5.17. The molecular formula is C11H12O4. The van der Waals surface area contributed by atoms with Gasteiger partial charge in [-0.2, -0.15) is 0 Å². The molecule has 0 aliphatic heterocycles. The van der Waals surface area contributed by atoms with Gasteiger partial charge in [-0.05, 0) is 17.7 Å². The van der Waals surface area contributed by atoms with Crippen molar-refractivity contribution >= 4 is 12.0 Å². The van der Waals surface area contributed by atoms with Crippen LogP contribution >= 0.6 is 0 Å². The number of aromatic hydroxyl groups is 1. The van der Waals surface area contributed by atoms with Crippen LogP contribution < -0.4 is 0 Å². The maximum Gasteiger partial charge on any atom is 0.341 e. The zero-order valence-electron chi connectivity index (χ0n) is 8.14. The van der Waals surface area contributed by atoms with Gasteiger partial charge in [0.05, 0.1) is 6.61 Å². The molecule has 0 unspecified atom stereocenters. The molecule has 0 aliphatic carbocycles. The van der Waals surface area contributed by atoms with Gasteiger partial charge in [-0.1, -0.05) is 18.7 Å². The molecular weight excluding hydrogens is 196 g/mol. The molecule has 2 N–H and O–H groups in total. The molecule has 0 bridgehead atoms. The van der Waals surface area contributed by atoms with Gasteiger partial charge in [0, 0.05) is 0 Å². The molecule has 0 heterocycles. The van der Waals surface area contributed by atoms with E-state index in [0.29, 0.717) is 5.56 Å². The third-order valence-electron chi connectivity index (χ3n) is 1.80. The standard InChI is InChI=1S/C11H12O4/c1-2-8-3-4-9(10(13)7-8)11(14)15-6-5-12/h2-4,7,12-13H,1,5-6H2. The molecule has 0 saturated heterocycles. The monoisotopic (exact) mass is 208 g/mol. The summed E-state index contributed by atoms with van der Waals surface area (Å²) in [5.41, 5.74) is 0.792. The highest BCUT2D eigenvalue weighted by molar-refractivity contribution is 5.92. The molecule has 0 radical (unpaired) electrons. The fraction of sp³-hybridized carbons (Fsp3) is 0.182. The highest BCUT2D eigenvalue weighted by Gasteiger charge is 2.11. The van der Waals surface area contributed by atoms with Gasteiger partial charge in [-0.25, -0.2) is 4.79 Å². The summed E-state index contributed by atoms with van der Waals surface area (Å²) in [5, 5.41) is 17.9. The Kier molecular flexibility index (Phi) is 3.88. The van der Waals surface area contributed by atoms with E-state index in [1.807, 2.05) is 0 Å². The molecule has 0 aliphatic rings. The predicted molar refractivity (Wildman–Crippen MR) is 55.6 cm³/mol. The number of rotatable bonds is 4. The number of hydrogen-bond acceptors (Lipinski definition) is 4. The van der Waals surface area contributed by atoms with Crippen molar-refractivity contribution < 1.29 is 19.7 Å². The summed E-state index contributed by atoms with van der Waals surface area (Å²) in [6.07, 6.45) is 1.56. The van der Waals surface area contributed by atoms with E-state index in [0.717, 1.165) is 0 Å². The summed E-state index contributed by atoms with van der Waals surface area (Å²) in [7, 11) is 0. The van der Waals surface area contributed by atoms with Gasteiger partial charge in [0.1, 0.15) is 17.9 Å². The van der Waals surface area contributed by atoms with E-state index < -0.39 is 5.97 Å². The first-order valence-electron chi connectivity index (χ1n) is 4.42. The van der Waals surface area contributed by atoms with Crippen LogP contribution in [0, 0.1) is 0 Å². The second-order valence-electron chi connectivity index (χ2n) is 2.84. The summed E-state index contributed by atoms with van der Waals surface area (Å²) in [4.78, 5) is 11.3. The molecule has 0 amide bonds. The SMILES string of the molecule is C=Cc1ccc(C(=O)OCCO)c(O)c1. The van der Waals surface area contributed by atoms with E-state index in [2.05, 4.69) is 11.3 Å². The first-order valence-corrected chi connectivity index (χ1v) is 4.42. The summed E-state index contributed by atoms with van der Waals surface area (Å²) in [6, 6.07) is 4.51. The number of esters is 1. The molecule has 0 spiro atoms. The lowest BCUT2D eigenvalue weighted by atomic mass is 10.1. The lowest BCUT2D eigenvalue weighted by molar-refractivity contribution is 0.0430. The topological polar surface area (TPSA) is 66.8 Å². The summed E-state index contributed by atoms with van der Waals surface area (Å²) in [5.74, 6) is -0.812. The van der Waals surface area contributed by atoms with E-state index in [1.165, 1.54) is 12.1 Å². The zero-order chi connectivity index (χ0) is 11.3. The first kappa shape index (κ1) is 11.3. The Morgan fingerprint density at radius 2 is 2.27 bits per heavy atom. The largest absolute Gasteiger partial charge is 0.507 e. The fourth-order valence-corrected chi connectivity index (χ4v) is 1.06. The van der Waals surface area contributed by atoms with E-state index >= 15 is 0 Å². The van der Waals surface area contributed by atoms with Gasteiger partial charge in [0.15, 0.2) is 0 Å². The lowest BCUT2D eigenvalue weighted by Crippen LogP contribution is -2.08. The van der Waals surface area contributed by atoms with Crippen molar-refractivity contribution in [2.45, 2.75) is 0 Å². The average Bonchev–Trinajstić information content (AvgIpc) is 2.25. The number of phenols is 1. The summed E-state index contributed by atoms with van der Waals surface area (Å²) < 4.78 is 4.66. The minimum atomic E-state index is -0.655. The van der Waals surface area contributed by atoms with Crippen molar-refractivity contribution in [1.29, 1.82) is 0 Å². The van der Waals surface area contributed by atoms with Gasteiger partial charge in [-0.3, -0.25) is 0 Å². The Morgan fingerprint density at radius 3 is 2.80 bits per heavy atom. The highest BCUT2D eigenvalue weighted by atomic mass is 16.5. The molecule has 1 aromatic rings. The third-order valence-corrected chi connectivity index (χ3v) is 1.80. The van der Waals surface area contributed by atoms with Crippen LogP contribution in [0.15, 0.2) is 24.8 Å². The van der Waals surface area contributed by atoms with E-state index in [9.17, 15) is 9.90 Å². The number of phenolic OH excluding ortho intramolecular Hbond substituents is 1. The van der Waals surface area contributed by atoms with Crippen LogP contribution in [0.3, 0.4) is 0 Å². The molecule has 4 heteroatoms. The van der Waals surface area contributed by atoms with Crippen LogP contribution in [-0.2, 0) is 4.74 Å². The van der Waals surface area contributed by atoms with Crippen molar-refractivity contribution in [2.75, 3.05) is 13.2 Å². The zero-order valence-corrected chi connectivity index (χ0v) is 8.14. The van der Waals surface area contributed by atoms with Crippen LogP contribution in [0.5, 0.6) is 5.75 Å². The number of benzene rings is 1. The minimum Gasteiger partial charge on any atom is -0.507 e. The normalized spacial score (nSPS) is 9.67. The molecule has 80 valence electrons. The van der Waals surface area contributed by atoms with Crippen LogP contribution in [0.25, 0.3) is 6.08 Å². The molecule has 0 aromatic heterocycles. The van der Waals surface area contributed by atoms with Gasteiger partial charge in [-0.15, -0.1) is 0 Å². The van der Waals surface area contributed by atoms with Gasteiger partial charge in [0.2, 0.25) is 0 Å². The lowest BCUT2D eigenvalue weighted by Gasteiger charge is -2.05. The number of aliphatic hydroxyl groups excluding tert-OH is 1. The summed E-state index contributed by atoms with van der Waals surface area (Å²) >= 11 is 0. The molecule has 1 aromatic carbocycles. The number of aliphatic hydroxyl groups is 1. The molecule has 0 atom stereocenters. The van der Waals surface area contributed by atoms with Gasteiger partial charge in [0.25, 0.3) is 0 Å². The molecule has 0 saturated carbocycles. The van der Waals surface area contributed by atoms with Crippen molar-refractivity contribution in [2.24, 2.45) is 0 Å². The Bertz CT molecular complexity index is 371. The Morgan fingerprint density at radius 1 is 1.53 bits per heavy atom. The Hall–Kier alpha value is -1.81. The van der Waals surface area contributed by atoms with E-state index in [-0.39, 0.29) is 24.5 Å². The van der Waals surface area contributed by atoms with Gasteiger partial charge >= 0.3 is 5.97 Å². The number of carbonyl (C=O) groups is 1. The fourth-order valence-electron chi connectivity index (χ4n) is 1.06. The molecule has 1 rings (SSSR count). The quantitative estimate of drug-likeness (QED) is 0.729. The number of hydrogen-bond donors (Lipinski definition) is 2. The van der Waals surface area contributed by atoms with Crippen LogP contribution in [0.4, 0.5) is 0 Å². The second-order valence-corrected chi connectivity index (χ2v) is 2.84. The number of ether oxygens (including phenoxy) is 1. The van der Waals surface area contributed by atoms with Crippen molar-refractivity contribution in [3.05, 3.63) is 35.9 Å². The first-order chi connectivity index (χ1) is 7.19. The average molecular weight is 208 g/mol. The number of carbonyl (C=O) groups excluding carboxylic acids is 1. The molecule has 4 nitrogen and oxygen atoms in total. The maximum absolute atomic E-state index is 11.3. The molecule has 15 heavy (non-hydrogen) atoms. The predicted octanol–water partition coefficient (Wildman–Crippen LogP) is 1.18. The third kappa shape index (κ3) is 2.82. The van der Waals surface area contributed by atoms with Gasteiger partial charge < -0.3 is 14.9 Å². The molecule has 0 fully saturated rings. The van der Waals surface area contributed by atoms with Crippen LogP contribution in [-0.4, -0.2) is 29.4 Å². The Labute approximate surface area is 87.4 Å². The van der Waals surface area contributed by atoms with E-state index in [4.69, 9.17) is 5.11 Å². The van der Waals surface area contributed by atoms with Crippen LogP contribution in [0.2, 0.25) is 0 Å². The maximum atomic E-state index is 11.3. The van der Waals surface area contributed by atoms with Crippen molar-refractivity contribution in [1.82, 2.24) is 0 Å². The van der Waals surface area contributed by atoms with E-state index in [1.54, 1.807) is 12.1 Å². The van der Waals surface area contributed by atoms with Crippen molar-refractivity contribution in [3.63, 3.8) is 0 Å². The Balaban J connectivity index is 2.85. The smallest absolute Gasteiger partial charge is 0.341 e.